The van der Waals surface area contributed by atoms with Crippen molar-refractivity contribution in [3.05, 3.63) is 18.3 Å². The molecule has 0 radical (unpaired) electrons. The van der Waals surface area contributed by atoms with Crippen molar-refractivity contribution in [2.75, 3.05) is 11.1 Å². The number of hydrogen-bond donors (Lipinski definition) is 3. The molecule has 4 nitrogen and oxygen atoms in total. The number of nitrogens with two attached hydrogens (primary N) is 1. The maximum Gasteiger partial charge on any atom is 0.146 e. The lowest BCUT2D eigenvalue weighted by Crippen LogP contribution is -2.28. The minimum absolute atomic E-state index is 0.116. The van der Waals surface area contributed by atoms with Crippen LogP contribution in [-0.2, 0) is 0 Å². The molecule has 4 heteroatoms. The topological polar surface area (TPSA) is 71.2 Å². The van der Waals surface area contributed by atoms with Crippen molar-refractivity contribution in [1.82, 2.24) is 4.98 Å². The number of nitrogen functional groups attached to an aromatic ring is 1. The Kier molecular flexibility index (Phi) is 3.06. The van der Waals surface area contributed by atoms with Gasteiger partial charge in [0.05, 0.1) is 11.8 Å². The van der Waals surface area contributed by atoms with Gasteiger partial charge >= 0.3 is 0 Å². The summed E-state index contributed by atoms with van der Waals surface area (Å²) in [7, 11) is 0. The highest BCUT2D eigenvalue weighted by molar-refractivity contribution is 5.61. The number of nitrogens with zero attached hydrogens (tertiary/aromatic N) is 1. The Bertz CT molecular complexity index is 321. The average Bonchev–Trinajstić information content (AvgIpc) is 2.25. The molecule has 0 saturated heterocycles. The molecule has 0 atom stereocenters. The van der Waals surface area contributed by atoms with Gasteiger partial charge in [-0.3, -0.25) is 0 Å². The van der Waals surface area contributed by atoms with E-state index in [0.29, 0.717) is 11.9 Å². The van der Waals surface area contributed by atoms with E-state index >= 15 is 0 Å². The highest BCUT2D eigenvalue weighted by Crippen LogP contribution is 2.23. The summed E-state index contributed by atoms with van der Waals surface area (Å²) < 4.78 is 0. The van der Waals surface area contributed by atoms with Crippen LogP contribution in [0.25, 0.3) is 0 Å². The molecule has 4 N–H and O–H groups in total. The first-order chi connectivity index (χ1) is 7.25. The van der Waals surface area contributed by atoms with Crippen LogP contribution >= 0.6 is 0 Å². The molecule has 1 saturated carbocycles. The van der Waals surface area contributed by atoms with Gasteiger partial charge < -0.3 is 16.2 Å². The summed E-state index contributed by atoms with van der Waals surface area (Å²) >= 11 is 0. The normalized spacial score (nSPS) is 26.2. The van der Waals surface area contributed by atoms with E-state index in [9.17, 15) is 5.11 Å². The molecule has 1 heterocycles. The SMILES string of the molecule is Nc1ncccc1NC1CCC(O)CC1. The zero-order valence-electron chi connectivity index (χ0n) is 8.69. The largest absolute Gasteiger partial charge is 0.393 e. The Labute approximate surface area is 89.5 Å². The maximum atomic E-state index is 9.38. The predicted octanol–water partition coefficient (Wildman–Crippen LogP) is 1.38. The third-order valence-corrected chi connectivity index (χ3v) is 2.89. The Balaban J connectivity index is 1.95. The number of aliphatic hydroxyl groups is 1. The lowest BCUT2D eigenvalue weighted by molar-refractivity contribution is 0.126. The quantitative estimate of drug-likeness (QED) is 0.685. The molecule has 0 bridgehead atoms. The molecule has 0 amide bonds. The van der Waals surface area contributed by atoms with Crippen molar-refractivity contribution in [1.29, 1.82) is 0 Å². The number of pyridine rings is 1. The van der Waals surface area contributed by atoms with Crippen LogP contribution in [0.3, 0.4) is 0 Å². The van der Waals surface area contributed by atoms with Gasteiger partial charge in [-0.15, -0.1) is 0 Å². The van der Waals surface area contributed by atoms with Crippen molar-refractivity contribution in [2.45, 2.75) is 37.8 Å². The smallest absolute Gasteiger partial charge is 0.146 e. The molecule has 2 rings (SSSR count). The fraction of sp³-hybridized carbons (Fsp3) is 0.545. The number of nitrogens with one attached hydrogen (secondary N) is 1. The van der Waals surface area contributed by atoms with Crippen molar-refractivity contribution in [3.8, 4) is 0 Å². The predicted molar refractivity (Wildman–Crippen MR) is 60.5 cm³/mol. The molecule has 1 aromatic rings. The summed E-state index contributed by atoms with van der Waals surface area (Å²) in [6.45, 7) is 0. The standard InChI is InChI=1S/C11H17N3O/c12-11-10(2-1-7-13-11)14-8-3-5-9(15)6-4-8/h1-2,7-9,14-15H,3-6H2,(H2,12,13). The van der Waals surface area contributed by atoms with Crippen molar-refractivity contribution >= 4 is 11.5 Å². The first-order valence-electron chi connectivity index (χ1n) is 5.41. The van der Waals surface area contributed by atoms with Crippen molar-refractivity contribution < 1.29 is 5.11 Å². The van der Waals surface area contributed by atoms with Crippen LogP contribution in [0.1, 0.15) is 25.7 Å². The molecule has 0 aromatic carbocycles. The zero-order chi connectivity index (χ0) is 10.7. The lowest BCUT2D eigenvalue weighted by Gasteiger charge is -2.27. The van der Waals surface area contributed by atoms with Gasteiger partial charge in [0.15, 0.2) is 0 Å². The van der Waals surface area contributed by atoms with Crippen LogP contribution in [-0.4, -0.2) is 22.2 Å². The van der Waals surface area contributed by atoms with E-state index in [2.05, 4.69) is 10.3 Å². The van der Waals surface area contributed by atoms with Crippen molar-refractivity contribution in [3.63, 3.8) is 0 Å². The summed E-state index contributed by atoms with van der Waals surface area (Å²) in [4.78, 5) is 4.03. The monoisotopic (exact) mass is 207 g/mol. The molecule has 1 aliphatic rings. The second-order valence-corrected chi connectivity index (χ2v) is 4.09. The van der Waals surface area contributed by atoms with E-state index in [-0.39, 0.29) is 6.10 Å². The van der Waals surface area contributed by atoms with Gasteiger partial charge in [0.1, 0.15) is 5.82 Å². The van der Waals surface area contributed by atoms with Crippen LogP contribution in [0.2, 0.25) is 0 Å². The first kappa shape index (κ1) is 10.2. The summed E-state index contributed by atoms with van der Waals surface area (Å²) in [5.74, 6) is 0.545. The Hall–Kier alpha value is -1.29. The van der Waals surface area contributed by atoms with Crippen LogP contribution < -0.4 is 11.1 Å². The third-order valence-electron chi connectivity index (χ3n) is 2.89. The minimum Gasteiger partial charge on any atom is -0.393 e. The molecule has 82 valence electrons. The number of rotatable bonds is 2. The first-order valence-corrected chi connectivity index (χ1v) is 5.41. The maximum absolute atomic E-state index is 9.38. The summed E-state index contributed by atoms with van der Waals surface area (Å²) in [6, 6.07) is 4.23. The van der Waals surface area contributed by atoms with Gasteiger partial charge in [0.25, 0.3) is 0 Å². The highest BCUT2D eigenvalue weighted by Gasteiger charge is 2.19. The molecule has 1 aromatic heterocycles. The van der Waals surface area contributed by atoms with Crippen molar-refractivity contribution in [2.24, 2.45) is 0 Å². The Morgan fingerprint density at radius 2 is 2.07 bits per heavy atom. The molecule has 1 fully saturated rings. The number of aliphatic hydroxyl groups excluding tert-OH is 1. The van der Waals surface area contributed by atoms with Gasteiger partial charge in [-0.2, -0.15) is 0 Å². The summed E-state index contributed by atoms with van der Waals surface area (Å²) in [5, 5.41) is 12.8. The van der Waals surface area contributed by atoms with E-state index in [1.54, 1.807) is 6.20 Å². The molecule has 0 spiro atoms. The Morgan fingerprint density at radius 3 is 2.73 bits per heavy atom. The van der Waals surface area contributed by atoms with E-state index in [4.69, 9.17) is 5.73 Å². The fourth-order valence-corrected chi connectivity index (χ4v) is 1.98. The average molecular weight is 207 g/mol. The Morgan fingerprint density at radius 1 is 1.33 bits per heavy atom. The number of hydrogen-bond acceptors (Lipinski definition) is 4. The van der Waals surface area contributed by atoms with Gasteiger partial charge in [-0.1, -0.05) is 0 Å². The second-order valence-electron chi connectivity index (χ2n) is 4.09. The van der Waals surface area contributed by atoms with Gasteiger partial charge in [-0.25, -0.2) is 4.98 Å². The third kappa shape index (κ3) is 2.59. The number of aromatic nitrogens is 1. The van der Waals surface area contributed by atoms with E-state index < -0.39 is 0 Å². The molecular formula is C11H17N3O. The molecular weight excluding hydrogens is 190 g/mol. The van der Waals surface area contributed by atoms with Gasteiger partial charge in [-0.05, 0) is 37.8 Å². The van der Waals surface area contributed by atoms with E-state index in [1.165, 1.54) is 0 Å². The highest BCUT2D eigenvalue weighted by atomic mass is 16.3. The van der Waals surface area contributed by atoms with Gasteiger partial charge in [0, 0.05) is 12.2 Å². The van der Waals surface area contributed by atoms with Crippen LogP contribution in [0, 0.1) is 0 Å². The zero-order valence-corrected chi connectivity index (χ0v) is 8.69. The van der Waals surface area contributed by atoms with Crippen LogP contribution in [0.15, 0.2) is 18.3 Å². The van der Waals surface area contributed by atoms with Crippen LogP contribution in [0.5, 0.6) is 0 Å². The molecule has 1 aliphatic carbocycles. The van der Waals surface area contributed by atoms with Crippen LogP contribution in [0.4, 0.5) is 11.5 Å². The number of anilines is 2. The lowest BCUT2D eigenvalue weighted by atomic mass is 9.93. The summed E-state index contributed by atoms with van der Waals surface area (Å²) in [6.07, 6.45) is 5.31. The molecule has 0 aliphatic heterocycles. The summed E-state index contributed by atoms with van der Waals surface area (Å²) in [5.41, 5.74) is 6.64. The fourth-order valence-electron chi connectivity index (χ4n) is 1.98. The van der Waals surface area contributed by atoms with E-state index in [1.807, 2.05) is 12.1 Å². The second kappa shape index (κ2) is 4.49. The van der Waals surface area contributed by atoms with E-state index in [0.717, 1.165) is 31.4 Å². The van der Waals surface area contributed by atoms with Gasteiger partial charge in [0.2, 0.25) is 0 Å². The molecule has 0 unspecified atom stereocenters. The minimum atomic E-state index is -0.116. The molecule has 15 heavy (non-hydrogen) atoms.